The number of ketones is 1. The van der Waals surface area contributed by atoms with Gasteiger partial charge in [-0.15, -0.1) is 0 Å². The van der Waals surface area contributed by atoms with E-state index in [1.165, 1.54) is 17.9 Å². The Balaban J connectivity index is 1.98. The molecule has 2 aromatic carbocycles. The molecule has 0 spiro atoms. The monoisotopic (exact) mass is 481 g/mol. The summed E-state index contributed by atoms with van der Waals surface area (Å²) in [7, 11) is 1.21. The molecular weight excluding hydrogens is 466 g/mol. The normalized spacial score (nSPS) is 12.2. The average molecular weight is 482 g/mol. The lowest BCUT2D eigenvalue weighted by atomic mass is 10.0. The SMILES string of the molecule is COC(=O)c1c(N)c(C#N)cn1-c1cc2c(cc1C(=O)c1ccc(Br)cc1)OCCO2. The average Bonchev–Trinajstić information content (AvgIpc) is 3.13. The number of nitriles is 1. The fourth-order valence-electron chi connectivity index (χ4n) is 3.32. The van der Waals surface area contributed by atoms with E-state index in [0.29, 0.717) is 36.0 Å². The van der Waals surface area contributed by atoms with Crippen molar-refractivity contribution < 1.29 is 23.8 Å². The molecule has 0 fully saturated rings. The molecule has 31 heavy (non-hydrogen) atoms. The molecule has 0 radical (unpaired) electrons. The number of ether oxygens (including phenoxy) is 3. The van der Waals surface area contributed by atoms with E-state index < -0.39 is 5.97 Å². The van der Waals surface area contributed by atoms with Gasteiger partial charge in [-0.05, 0) is 30.3 Å². The summed E-state index contributed by atoms with van der Waals surface area (Å²) in [6, 6.07) is 12.0. The van der Waals surface area contributed by atoms with E-state index in [-0.39, 0.29) is 28.3 Å². The van der Waals surface area contributed by atoms with E-state index in [2.05, 4.69) is 15.9 Å². The predicted octanol–water partition coefficient (Wildman–Crippen LogP) is 3.48. The smallest absolute Gasteiger partial charge is 0.357 e. The minimum atomic E-state index is -0.740. The summed E-state index contributed by atoms with van der Waals surface area (Å²) in [5.41, 5.74) is 7.01. The molecule has 4 rings (SSSR count). The van der Waals surface area contributed by atoms with Crippen molar-refractivity contribution in [2.75, 3.05) is 26.1 Å². The highest BCUT2D eigenvalue weighted by Crippen LogP contribution is 2.37. The number of halogens is 1. The molecule has 0 atom stereocenters. The molecule has 2 heterocycles. The molecule has 0 aliphatic carbocycles. The van der Waals surface area contributed by atoms with Gasteiger partial charge in [0.25, 0.3) is 0 Å². The summed E-state index contributed by atoms with van der Waals surface area (Å²) in [5.74, 6) is -0.220. The zero-order valence-corrected chi connectivity index (χ0v) is 17.9. The summed E-state index contributed by atoms with van der Waals surface area (Å²) in [4.78, 5) is 25.9. The summed E-state index contributed by atoms with van der Waals surface area (Å²) in [6.45, 7) is 0.689. The van der Waals surface area contributed by atoms with E-state index in [4.69, 9.17) is 19.9 Å². The Morgan fingerprint density at radius 3 is 2.42 bits per heavy atom. The van der Waals surface area contributed by atoms with Gasteiger partial charge in [0.1, 0.15) is 19.3 Å². The zero-order valence-electron chi connectivity index (χ0n) is 16.3. The van der Waals surface area contributed by atoms with Gasteiger partial charge < -0.3 is 24.5 Å². The van der Waals surface area contributed by atoms with Crippen molar-refractivity contribution >= 4 is 33.4 Å². The number of aromatic nitrogens is 1. The first-order valence-electron chi connectivity index (χ1n) is 9.18. The number of fused-ring (bicyclic) bond motifs is 1. The minimum Gasteiger partial charge on any atom is -0.486 e. The fourth-order valence-corrected chi connectivity index (χ4v) is 3.58. The summed E-state index contributed by atoms with van der Waals surface area (Å²) >= 11 is 3.36. The molecule has 2 N–H and O–H groups in total. The number of carbonyl (C=O) groups excluding carboxylic acids is 2. The van der Waals surface area contributed by atoms with Crippen LogP contribution in [0.1, 0.15) is 32.0 Å². The van der Waals surface area contributed by atoms with Gasteiger partial charge in [-0.3, -0.25) is 4.79 Å². The first-order chi connectivity index (χ1) is 14.9. The number of nitrogens with two attached hydrogens (primary N) is 1. The Morgan fingerprint density at radius 2 is 1.81 bits per heavy atom. The lowest BCUT2D eigenvalue weighted by molar-refractivity contribution is 0.0592. The Morgan fingerprint density at radius 1 is 1.16 bits per heavy atom. The second-order valence-electron chi connectivity index (χ2n) is 6.63. The number of anilines is 1. The van der Waals surface area contributed by atoms with Gasteiger partial charge in [-0.25, -0.2) is 4.79 Å². The van der Waals surface area contributed by atoms with Crippen LogP contribution in [-0.4, -0.2) is 36.6 Å². The molecule has 8 nitrogen and oxygen atoms in total. The number of rotatable bonds is 4. The molecule has 1 aromatic heterocycles. The van der Waals surface area contributed by atoms with E-state index in [1.807, 2.05) is 6.07 Å². The predicted molar refractivity (Wildman–Crippen MR) is 115 cm³/mol. The van der Waals surface area contributed by atoms with Gasteiger partial charge in [0, 0.05) is 22.3 Å². The maximum absolute atomic E-state index is 13.4. The number of methoxy groups -OCH3 is 1. The maximum Gasteiger partial charge on any atom is 0.357 e. The molecule has 156 valence electrons. The van der Waals surface area contributed by atoms with Gasteiger partial charge in [0.2, 0.25) is 0 Å². The lowest BCUT2D eigenvalue weighted by Gasteiger charge is -2.22. The summed E-state index contributed by atoms with van der Waals surface area (Å²) in [6.07, 6.45) is 1.39. The third kappa shape index (κ3) is 3.62. The van der Waals surface area contributed by atoms with Crippen LogP contribution in [0.4, 0.5) is 5.69 Å². The molecule has 0 unspecified atom stereocenters. The molecule has 0 saturated carbocycles. The summed E-state index contributed by atoms with van der Waals surface area (Å²) < 4.78 is 18.4. The number of hydrogen-bond donors (Lipinski definition) is 1. The van der Waals surface area contributed by atoms with Crippen LogP contribution in [0.5, 0.6) is 11.5 Å². The number of nitrogen functional groups attached to an aromatic ring is 1. The summed E-state index contributed by atoms with van der Waals surface area (Å²) in [5, 5.41) is 9.42. The van der Waals surface area contributed by atoms with E-state index in [1.54, 1.807) is 36.4 Å². The Bertz CT molecular complexity index is 1240. The largest absolute Gasteiger partial charge is 0.486 e. The standard InChI is InChI=1S/C22H16BrN3O5/c1-29-22(28)20-19(25)13(10-24)11-26(20)16-9-18-17(30-6-7-31-18)8-15(16)21(27)12-2-4-14(23)5-3-12/h2-5,8-9,11H,6-7,25H2,1H3. The number of esters is 1. The van der Waals surface area contributed by atoms with Crippen LogP contribution < -0.4 is 15.2 Å². The van der Waals surface area contributed by atoms with Crippen LogP contribution in [0, 0.1) is 11.3 Å². The third-order valence-electron chi connectivity index (χ3n) is 4.81. The highest BCUT2D eigenvalue weighted by atomic mass is 79.9. The van der Waals surface area contributed by atoms with Crippen LogP contribution in [0.2, 0.25) is 0 Å². The number of hydrogen-bond acceptors (Lipinski definition) is 7. The molecule has 1 aliphatic rings. The van der Waals surface area contributed by atoms with Crippen molar-refractivity contribution in [3.05, 3.63) is 69.5 Å². The van der Waals surface area contributed by atoms with Crippen LogP contribution >= 0.6 is 15.9 Å². The Kier molecular flexibility index (Phi) is 5.40. The third-order valence-corrected chi connectivity index (χ3v) is 5.34. The second kappa shape index (κ2) is 8.16. The molecular formula is C22H16BrN3O5. The highest BCUT2D eigenvalue weighted by molar-refractivity contribution is 9.10. The minimum absolute atomic E-state index is 0.0359. The van der Waals surface area contributed by atoms with Crippen molar-refractivity contribution in [2.45, 2.75) is 0 Å². The van der Waals surface area contributed by atoms with Crippen molar-refractivity contribution in [1.82, 2.24) is 4.57 Å². The van der Waals surface area contributed by atoms with E-state index in [0.717, 1.165) is 4.47 Å². The quantitative estimate of drug-likeness (QED) is 0.447. The van der Waals surface area contributed by atoms with Gasteiger partial charge in [-0.1, -0.05) is 15.9 Å². The first kappa shape index (κ1) is 20.5. The Hall–Kier alpha value is -3.77. The van der Waals surface area contributed by atoms with Gasteiger partial charge >= 0.3 is 5.97 Å². The van der Waals surface area contributed by atoms with Gasteiger partial charge in [-0.2, -0.15) is 5.26 Å². The molecule has 0 amide bonds. The van der Waals surface area contributed by atoms with Gasteiger partial charge in [0.15, 0.2) is 23.0 Å². The molecule has 3 aromatic rings. The molecule has 9 heteroatoms. The number of benzene rings is 2. The van der Waals surface area contributed by atoms with Gasteiger partial charge in [0.05, 0.1) is 29.6 Å². The maximum atomic E-state index is 13.4. The van der Waals surface area contributed by atoms with Crippen LogP contribution in [0.3, 0.4) is 0 Å². The van der Waals surface area contributed by atoms with Crippen molar-refractivity contribution in [3.8, 4) is 23.3 Å². The molecule has 1 aliphatic heterocycles. The molecule has 0 saturated heterocycles. The number of carbonyl (C=O) groups is 2. The van der Waals surface area contributed by atoms with Crippen LogP contribution in [0.15, 0.2) is 47.1 Å². The van der Waals surface area contributed by atoms with Crippen LogP contribution in [0.25, 0.3) is 5.69 Å². The van der Waals surface area contributed by atoms with Crippen molar-refractivity contribution in [2.24, 2.45) is 0 Å². The topological polar surface area (TPSA) is 117 Å². The van der Waals surface area contributed by atoms with E-state index in [9.17, 15) is 14.9 Å². The fraction of sp³-hybridized carbons (Fsp3) is 0.136. The lowest BCUT2D eigenvalue weighted by Crippen LogP contribution is -2.18. The van der Waals surface area contributed by atoms with Crippen molar-refractivity contribution in [3.63, 3.8) is 0 Å². The Labute approximate surface area is 185 Å². The zero-order chi connectivity index (χ0) is 22.1. The van der Waals surface area contributed by atoms with Crippen LogP contribution in [-0.2, 0) is 4.74 Å². The number of nitrogens with zero attached hydrogens (tertiary/aromatic N) is 2. The molecule has 0 bridgehead atoms. The highest BCUT2D eigenvalue weighted by Gasteiger charge is 2.27. The second-order valence-corrected chi connectivity index (χ2v) is 7.54. The first-order valence-corrected chi connectivity index (χ1v) is 9.97. The van der Waals surface area contributed by atoms with Crippen molar-refractivity contribution in [1.29, 1.82) is 5.26 Å². The van der Waals surface area contributed by atoms with E-state index >= 15 is 0 Å².